The number of fused-ring (bicyclic) bond motifs is 1. The number of nitrogens with two attached hydrogens (primary N) is 1. The van der Waals surface area contributed by atoms with E-state index in [1.54, 1.807) is 0 Å². The van der Waals surface area contributed by atoms with Crippen molar-refractivity contribution in [1.29, 1.82) is 0 Å². The zero-order valence-corrected chi connectivity index (χ0v) is 12.0. The van der Waals surface area contributed by atoms with E-state index in [1.165, 1.54) is 0 Å². The lowest BCUT2D eigenvalue weighted by Gasteiger charge is -2.25. The van der Waals surface area contributed by atoms with Gasteiger partial charge in [0.2, 0.25) is 0 Å². The molecule has 1 aromatic rings. The van der Waals surface area contributed by atoms with Gasteiger partial charge in [0.1, 0.15) is 11.6 Å². The minimum atomic E-state index is 0.227. The van der Waals surface area contributed by atoms with Gasteiger partial charge in [-0.15, -0.1) is 10.2 Å². The summed E-state index contributed by atoms with van der Waals surface area (Å²) in [5.74, 6) is 3.66. The predicted molar refractivity (Wildman–Crippen MR) is 72.8 cm³/mol. The average molecular weight is 264 g/mol. The monoisotopic (exact) mass is 264 g/mol. The molecular weight excluding hydrogens is 240 g/mol. The molecule has 5 unspecified atom stereocenters. The van der Waals surface area contributed by atoms with E-state index in [0.717, 1.165) is 37.6 Å². The molecule has 0 spiro atoms. The van der Waals surface area contributed by atoms with Crippen molar-refractivity contribution in [1.82, 2.24) is 14.8 Å². The van der Waals surface area contributed by atoms with E-state index in [-0.39, 0.29) is 6.10 Å². The number of ether oxygens (including phenoxy) is 1. The molecule has 5 heteroatoms. The summed E-state index contributed by atoms with van der Waals surface area (Å²) in [5.41, 5.74) is 5.77. The van der Waals surface area contributed by atoms with Crippen molar-refractivity contribution < 1.29 is 4.74 Å². The quantitative estimate of drug-likeness (QED) is 0.875. The third-order valence-electron chi connectivity index (χ3n) is 4.96. The molecule has 2 aliphatic heterocycles. The van der Waals surface area contributed by atoms with Gasteiger partial charge in [-0.3, -0.25) is 0 Å². The van der Waals surface area contributed by atoms with E-state index >= 15 is 0 Å². The highest BCUT2D eigenvalue weighted by atomic mass is 16.5. The summed E-state index contributed by atoms with van der Waals surface area (Å²) >= 11 is 0. The lowest BCUT2D eigenvalue weighted by Crippen LogP contribution is -2.28. The van der Waals surface area contributed by atoms with E-state index in [4.69, 9.17) is 10.5 Å². The van der Waals surface area contributed by atoms with Crippen LogP contribution >= 0.6 is 0 Å². The first kappa shape index (κ1) is 13.1. The van der Waals surface area contributed by atoms with Crippen molar-refractivity contribution in [2.24, 2.45) is 17.6 Å². The van der Waals surface area contributed by atoms with Crippen molar-refractivity contribution in [3.63, 3.8) is 0 Å². The molecule has 2 aliphatic rings. The molecule has 0 aliphatic carbocycles. The molecule has 0 radical (unpaired) electrons. The van der Waals surface area contributed by atoms with Crippen LogP contribution in [0.4, 0.5) is 0 Å². The molecule has 3 rings (SSSR count). The lowest BCUT2D eigenvalue weighted by molar-refractivity contribution is 0.0551. The van der Waals surface area contributed by atoms with Crippen LogP contribution in [0.1, 0.15) is 44.8 Å². The minimum Gasteiger partial charge on any atom is -0.374 e. The van der Waals surface area contributed by atoms with E-state index in [0.29, 0.717) is 23.9 Å². The second kappa shape index (κ2) is 4.87. The summed E-state index contributed by atoms with van der Waals surface area (Å²) in [5, 5.41) is 8.87. The number of hydrogen-bond donors (Lipinski definition) is 1. The third-order valence-corrected chi connectivity index (χ3v) is 4.96. The molecule has 2 N–H and O–H groups in total. The van der Waals surface area contributed by atoms with Crippen LogP contribution in [-0.2, 0) is 17.7 Å². The predicted octanol–water partition coefficient (Wildman–Crippen LogP) is 1.33. The van der Waals surface area contributed by atoms with Gasteiger partial charge in [0.05, 0.1) is 18.1 Å². The van der Waals surface area contributed by atoms with Gasteiger partial charge in [0.15, 0.2) is 0 Å². The maximum atomic E-state index is 5.94. The highest BCUT2D eigenvalue weighted by molar-refractivity contribution is 5.11. The van der Waals surface area contributed by atoms with Crippen molar-refractivity contribution in [2.75, 3.05) is 6.54 Å². The van der Waals surface area contributed by atoms with Gasteiger partial charge >= 0.3 is 0 Å². The highest BCUT2D eigenvalue weighted by Gasteiger charge is 2.41. The molecule has 1 saturated heterocycles. The Labute approximate surface area is 114 Å². The van der Waals surface area contributed by atoms with Crippen LogP contribution in [0.5, 0.6) is 0 Å². The Kier molecular flexibility index (Phi) is 3.35. The maximum absolute atomic E-state index is 5.94. The zero-order valence-electron chi connectivity index (χ0n) is 12.0. The minimum absolute atomic E-state index is 0.227. The van der Waals surface area contributed by atoms with Gasteiger partial charge in [-0.25, -0.2) is 0 Å². The van der Waals surface area contributed by atoms with Gasteiger partial charge in [0, 0.05) is 13.0 Å². The molecule has 5 atom stereocenters. The largest absolute Gasteiger partial charge is 0.374 e. The van der Waals surface area contributed by atoms with E-state index < -0.39 is 0 Å². The van der Waals surface area contributed by atoms with Gasteiger partial charge in [0.25, 0.3) is 0 Å². The second-order valence-electron chi connectivity index (χ2n) is 6.15. The second-order valence-corrected chi connectivity index (χ2v) is 6.15. The summed E-state index contributed by atoms with van der Waals surface area (Å²) in [6, 6.07) is 0. The molecule has 0 aromatic carbocycles. The molecule has 0 amide bonds. The smallest absolute Gasteiger partial charge is 0.139 e. The maximum Gasteiger partial charge on any atom is 0.139 e. The average Bonchev–Trinajstić information content (AvgIpc) is 2.91. The van der Waals surface area contributed by atoms with E-state index in [1.807, 2.05) is 0 Å². The van der Waals surface area contributed by atoms with E-state index in [9.17, 15) is 0 Å². The van der Waals surface area contributed by atoms with Gasteiger partial charge in [-0.05, 0) is 38.6 Å². The van der Waals surface area contributed by atoms with Crippen LogP contribution in [0.25, 0.3) is 0 Å². The number of nitrogens with zero attached hydrogens (tertiary/aromatic N) is 3. The third kappa shape index (κ3) is 2.09. The summed E-state index contributed by atoms with van der Waals surface area (Å²) < 4.78 is 8.25. The van der Waals surface area contributed by atoms with Crippen LogP contribution in [0.15, 0.2) is 0 Å². The Balaban J connectivity index is 1.89. The zero-order chi connectivity index (χ0) is 13.6. The Morgan fingerprint density at radius 3 is 2.68 bits per heavy atom. The summed E-state index contributed by atoms with van der Waals surface area (Å²) in [6.45, 7) is 8.31. The fourth-order valence-electron chi connectivity index (χ4n) is 3.58. The fraction of sp³-hybridized carbons (Fsp3) is 0.857. The fourth-order valence-corrected chi connectivity index (χ4v) is 3.58. The normalized spacial score (nSPS) is 38.4. The first-order valence-corrected chi connectivity index (χ1v) is 7.39. The molecule has 19 heavy (non-hydrogen) atoms. The Hall–Kier alpha value is -0.940. The number of hydrogen-bond acceptors (Lipinski definition) is 4. The topological polar surface area (TPSA) is 66.0 Å². The molecule has 0 saturated carbocycles. The molecule has 106 valence electrons. The van der Waals surface area contributed by atoms with Crippen LogP contribution < -0.4 is 5.73 Å². The van der Waals surface area contributed by atoms with Gasteiger partial charge in [-0.1, -0.05) is 6.92 Å². The van der Waals surface area contributed by atoms with Crippen LogP contribution in [0, 0.1) is 11.8 Å². The molecular formula is C14H24N4O. The summed E-state index contributed by atoms with van der Waals surface area (Å²) in [6.07, 6.45) is 2.63. The lowest BCUT2D eigenvalue weighted by atomic mass is 9.88. The Morgan fingerprint density at radius 1 is 1.26 bits per heavy atom. The molecule has 5 nitrogen and oxygen atoms in total. The van der Waals surface area contributed by atoms with Gasteiger partial charge < -0.3 is 15.0 Å². The molecule has 3 heterocycles. The van der Waals surface area contributed by atoms with Crippen molar-refractivity contribution in [2.45, 2.75) is 58.3 Å². The SMILES string of the molecule is CC1OC(C)C(c2nnc3n2CCC(CN)C3)C1C. The highest BCUT2D eigenvalue weighted by Crippen LogP contribution is 2.39. The van der Waals surface area contributed by atoms with Crippen molar-refractivity contribution in [3.8, 4) is 0 Å². The summed E-state index contributed by atoms with van der Waals surface area (Å²) in [7, 11) is 0. The molecule has 1 fully saturated rings. The number of rotatable bonds is 2. The molecule has 0 bridgehead atoms. The number of aromatic nitrogens is 3. The Morgan fingerprint density at radius 2 is 2.05 bits per heavy atom. The van der Waals surface area contributed by atoms with E-state index in [2.05, 4.69) is 35.5 Å². The van der Waals surface area contributed by atoms with Gasteiger partial charge in [-0.2, -0.15) is 0 Å². The van der Waals surface area contributed by atoms with Crippen LogP contribution in [0.3, 0.4) is 0 Å². The summed E-state index contributed by atoms with van der Waals surface area (Å²) in [4.78, 5) is 0. The first-order valence-electron chi connectivity index (χ1n) is 7.39. The Bertz CT molecular complexity index is 458. The van der Waals surface area contributed by atoms with Crippen LogP contribution in [0.2, 0.25) is 0 Å². The first-order chi connectivity index (χ1) is 9.11. The standard InChI is InChI=1S/C14H24N4O/c1-8-9(2)19-10(3)13(8)14-17-16-12-6-11(7-15)4-5-18(12)14/h8-11,13H,4-7,15H2,1-3H3. The van der Waals surface area contributed by atoms with Crippen molar-refractivity contribution >= 4 is 0 Å². The molecule has 1 aromatic heterocycles. The van der Waals surface area contributed by atoms with Crippen molar-refractivity contribution in [3.05, 3.63) is 11.6 Å². The van der Waals surface area contributed by atoms with Crippen LogP contribution in [-0.4, -0.2) is 33.5 Å².